The Balaban J connectivity index is 1.44. The zero-order valence-corrected chi connectivity index (χ0v) is 20.1. The summed E-state index contributed by atoms with van der Waals surface area (Å²) in [6, 6.07) is 8.05. The fraction of sp³-hybridized carbons (Fsp3) is 0.280. The number of hydrogen-bond donors (Lipinski definition) is 2. The fourth-order valence-electron chi connectivity index (χ4n) is 4.36. The molecule has 9 heteroatoms. The van der Waals surface area contributed by atoms with Crippen LogP contribution in [0.2, 0.25) is 5.02 Å². The van der Waals surface area contributed by atoms with E-state index in [1.165, 1.54) is 0 Å². The zero-order chi connectivity index (χ0) is 24.0. The number of anilines is 3. The Morgan fingerprint density at radius 2 is 1.88 bits per heavy atom. The molecule has 1 aliphatic heterocycles. The van der Waals surface area contributed by atoms with Crippen LogP contribution in [0.25, 0.3) is 21.9 Å². The summed E-state index contributed by atoms with van der Waals surface area (Å²) in [5.41, 5.74) is 10.4. The van der Waals surface area contributed by atoms with Crippen molar-refractivity contribution in [2.75, 3.05) is 17.6 Å². The molecule has 0 saturated carbocycles. The number of aromatic nitrogens is 4. The number of nitrogens with zero attached hydrogens (tertiary/aromatic N) is 5. The molecule has 0 aliphatic carbocycles. The highest BCUT2D eigenvalue weighted by molar-refractivity contribution is 6.34. The number of benzene rings is 1. The Kier molecular flexibility index (Phi) is 5.61. The van der Waals surface area contributed by atoms with Gasteiger partial charge in [-0.15, -0.1) is 0 Å². The number of carbonyl (C=O) groups is 1. The fourth-order valence-corrected chi connectivity index (χ4v) is 4.64. The van der Waals surface area contributed by atoms with Crippen molar-refractivity contribution < 1.29 is 4.79 Å². The first-order chi connectivity index (χ1) is 16.3. The third kappa shape index (κ3) is 4.05. The quantitative estimate of drug-likeness (QED) is 0.448. The Bertz CT molecular complexity index is 1410. The highest BCUT2D eigenvalue weighted by Gasteiger charge is 2.23. The topological polar surface area (TPSA) is 102 Å². The highest BCUT2D eigenvalue weighted by Crippen LogP contribution is 2.35. The van der Waals surface area contributed by atoms with Gasteiger partial charge in [-0.2, -0.15) is 5.10 Å². The third-order valence-corrected chi connectivity index (χ3v) is 6.62. The molecule has 1 amide bonds. The Morgan fingerprint density at radius 3 is 2.68 bits per heavy atom. The molecule has 0 atom stereocenters. The van der Waals surface area contributed by atoms with Crippen molar-refractivity contribution in [3.63, 3.8) is 0 Å². The number of hydrogen-bond acceptors (Lipinski definition) is 6. The first kappa shape index (κ1) is 22.2. The van der Waals surface area contributed by atoms with E-state index in [1.54, 1.807) is 23.3 Å². The van der Waals surface area contributed by atoms with Gasteiger partial charge in [0.05, 0.1) is 11.9 Å². The molecule has 0 unspecified atom stereocenters. The number of nitrogens with two attached hydrogens (primary N) is 1. The van der Waals surface area contributed by atoms with Gasteiger partial charge >= 0.3 is 0 Å². The molecule has 0 spiro atoms. The monoisotopic (exact) mass is 475 g/mol. The maximum atomic E-state index is 12.6. The van der Waals surface area contributed by atoms with Gasteiger partial charge in [-0.25, -0.2) is 4.98 Å². The van der Waals surface area contributed by atoms with E-state index in [0.717, 1.165) is 39.6 Å². The molecule has 0 bridgehead atoms. The van der Waals surface area contributed by atoms with Crippen LogP contribution in [0.15, 0.2) is 42.9 Å². The van der Waals surface area contributed by atoms with Crippen molar-refractivity contribution in [1.82, 2.24) is 24.6 Å². The average molecular weight is 476 g/mol. The Hall–Kier alpha value is -3.65. The van der Waals surface area contributed by atoms with Crippen LogP contribution >= 0.6 is 11.6 Å². The summed E-state index contributed by atoms with van der Waals surface area (Å²) < 4.78 is 1.78. The first-order valence-electron chi connectivity index (χ1n) is 11.2. The number of nitrogen functional groups attached to an aromatic ring is 1. The highest BCUT2D eigenvalue weighted by atomic mass is 35.5. The van der Waals surface area contributed by atoms with Gasteiger partial charge in [0.2, 0.25) is 5.91 Å². The minimum Gasteiger partial charge on any atom is -0.397 e. The standard InChI is InChI=1S/C25H26ClN7O/c1-14(2)32-5-4-18-9-24(31-33(18)13-25(32)34)30-23-8-16-6-19(21(26)7-17(16)10-29-23)20-11-28-12-22(27)15(20)3/h6-12,14H,4-5,13,27H2,1-3H3,(H,29,30,31). The van der Waals surface area contributed by atoms with Crippen molar-refractivity contribution in [3.8, 4) is 11.1 Å². The lowest BCUT2D eigenvalue weighted by molar-refractivity contribution is -0.133. The smallest absolute Gasteiger partial charge is 0.244 e. The van der Waals surface area contributed by atoms with Crippen molar-refractivity contribution in [1.29, 1.82) is 0 Å². The van der Waals surface area contributed by atoms with Crippen LogP contribution in [0, 0.1) is 6.92 Å². The lowest BCUT2D eigenvalue weighted by Gasteiger charge is -2.24. The summed E-state index contributed by atoms with van der Waals surface area (Å²) >= 11 is 6.59. The van der Waals surface area contributed by atoms with Gasteiger partial charge in [0.1, 0.15) is 12.4 Å². The van der Waals surface area contributed by atoms with Crippen molar-refractivity contribution in [3.05, 3.63) is 59.1 Å². The maximum absolute atomic E-state index is 12.6. The van der Waals surface area contributed by atoms with Gasteiger partial charge in [0, 0.05) is 64.7 Å². The number of halogens is 1. The molecule has 8 nitrogen and oxygen atoms in total. The average Bonchev–Trinajstić information content (AvgIpc) is 3.08. The van der Waals surface area contributed by atoms with Crippen LogP contribution in [0.5, 0.6) is 0 Å². The minimum absolute atomic E-state index is 0.0861. The van der Waals surface area contributed by atoms with Gasteiger partial charge < -0.3 is 16.0 Å². The van der Waals surface area contributed by atoms with E-state index in [9.17, 15) is 4.79 Å². The van der Waals surface area contributed by atoms with E-state index in [0.29, 0.717) is 28.9 Å². The lowest BCUT2D eigenvalue weighted by atomic mass is 9.99. The summed E-state index contributed by atoms with van der Waals surface area (Å²) in [7, 11) is 0. The molecule has 0 saturated heterocycles. The summed E-state index contributed by atoms with van der Waals surface area (Å²) in [6.45, 7) is 6.97. The maximum Gasteiger partial charge on any atom is 0.244 e. The van der Waals surface area contributed by atoms with E-state index < -0.39 is 0 Å². The molecule has 34 heavy (non-hydrogen) atoms. The number of nitrogens with one attached hydrogen (secondary N) is 1. The minimum atomic E-state index is 0.0861. The Labute approximate surface area is 202 Å². The van der Waals surface area contributed by atoms with E-state index in [1.807, 2.05) is 49.9 Å². The summed E-state index contributed by atoms with van der Waals surface area (Å²) in [6.07, 6.45) is 5.96. The summed E-state index contributed by atoms with van der Waals surface area (Å²) in [4.78, 5) is 23.2. The van der Waals surface area contributed by atoms with Crippen molar-refractivity contribution in [2.45, 2.75) is 39.8 Å². The second-order valence-electron chi connectivity index (χ2n) is 8.88. The molecule has 5 rings (SSSR count). The van der Waals surface area contributed by atoms with Gasteiger partial charge in [0.15, 0.2) is 5.82 Å². The van der Waals surface area contributed by atoms with E-state index >= 15 is 0 Å². The first-order valence-corrected chi connectivity index (χ1v) is 11.6. The van der Waals surface area contributed by atoms with Crippen LogP contribution in [0.3, 0.4) is 0 Å². The molecular formula is C25H26ClN7O. The number of pyridine rings is 2. The molecule has 4 heterocycles. The molecule has 0 radical (unpaired) electrons. The predicted molar refractivity (Wildman–Crippen MR) is 135 cm³/mol. The molecular weight excluding hydrogens is 450 g/mol. The van der Waals surface area contributed by atoms with Crippen molar-refractivity contribution >= 4 is 45.6 Å². The van der Waals surface area contributed by atoms with Crippen LogP contribution < -0.4 is 11.1 Å². The summed E-state index contributed by atoms with van der Waals surface area (Å²) in [5.74, 6) is 1.41. The molecule has 1 aliphatic rings. The zero-order valence-electron chi connectivity index (χ0n) is 19.3. The van der Waals surface area contributed by atoms with Gasteiger partial charge in [-0.05, 0) is 49.9 Å². The number of rotatable bonds is 4. The van der Waals surface area contributed by atoms with Gasteiger partial charge in [-0.1, -0.05) is 11.6 Å². The van der Waals surface area contributed by atoms with Crippen molar-refractivity contribution in [2.24, 2.45) is 0 Å². The Morgan fingerprint density at radius 1 is 1.06 bits per heavy atom. The SMILES string of the molecule is Cc1c(N)cncc1-c1cc2cc(Nc3cc4n(n3)CC(=O)N(C(C)C)CC4)ncc2cc1Cl. The molecule has 4 aromatic rings. The van der Waals surface area contributed by atoms with Gasteiger partial charge in [0.25, 0.3) is 0 Å². The predicted octanol–water partition coefficient (Wildman–Crippen LogP) is 4.57. The molecule has 3 N–H and O–H groups in total. The van der Waals surface area contributed by atoms with E-state index in [2.05, 4.69) is 20.4 Å². The molecule has 0 fully saturated rings. The van der Waals surface area contributed by atoms with Crippen LogP contribution in [0.4, 0.5) is 17.3 Å². The molecule has 1 aromatic carbocycles. The van der Waals surface area contributed by atoms with Crippen LogP contribution in [-0.4, -0.2) is 43.1 Å². The van der Waals surface area contributed by atoms with Gasteiger partial charge in [-0.3, -0.25) is 14.5 Å². The third-order valence-electron chi connectivity index (χ3n) is 6.31. The molecule has 3 aromatic heterocycles. The van der Waals surface area contributed by atoms with E-state index in [-0.39, 0.29) is 18.5 Å². The lowest BCUT2D eigenvalue weighted by Crippen LogP contribution is -2.38. The largest absolute Gasteiger partial charge is 0.397 e. The van der Waals surface area contributed by atoms with E-state index in [4.69, 9.17) is 17.3 Å². The van der Waals surface area contributed by atoms with Crippen LogP contribution in [0.1, 0.15) is 25.1 Å². The number of carbonyl (C=O) groups excluding carboxylic acids is 1. The van der Waals surface area contributed by atoms with Crippen LogP contribution in [-0.2, 0) is 17.8 Å². The molecule has 174 valence electrons. The second kappa shape index (κ2) is 8.61. The summed E-state index contributed by atoms with van der Waals surface area (Å²) in [5, 5.41) is 10.4. The normalized spacial score (nSPS) is 13.9. The second-order valence-corrected chi connectivity index (χ2v) is 9.29. The number of fused-ring (bicyclic) bond motifs is 2. The number of amides is 1.